The smallest absolute Gasteiger partial charge is 0.224 e. The van der Waals surface area contributed by atoms with Crippen molar-refractivity contribution >= 4 is 17.7 Å². The number of carbonyl (C=O) groups excluding carboxylic acids is 1. The summed E-state index contributed by atoms with van der Waals surface area (Å²) in [4.78, 5) is 12.8. The molecule has 0 atom stereocenters. The molecule has 0 aliphatic carbocycles. The number of thioether (sulfide) groups is 1. The first-order chi connectivity index (χ1) is 8.77. The van der Waals surface area contributed by atoms with Gasteiger partial charge < -0.3 is 15.2 Å². The molecule has 18 heavy (non-hydrogen) atoms. The van der Waals surface area contributed by atoms with Gasteiger partial charge in [0.2, 0.25) is 5.91 Å². The Labute approximate surface area is 112 Å². The van der Waals surface area contributed by atoms with Gasteiger partial charge in [-0.25, -0.2) is 0 Å². The van der Waals surface area contributed by atoms with Crippen molar-refractivity contribution in [2.24, 2.45) is 0 Å². The second kappa shape index (κ2) is 8.97. The number of ether oxygens (including phenoxy) is 1. The van der Waals surface area contributed by atoms with E-state index in [0.29, 0.717) is 26.2 Å². The summed E-state index contributed by atoms with van der Waals surface area (Å²) in [5, 5.41) is 11.3. The number of benzene rings is 1. The van der Waals surface area contributed by atoms with Crippen molar-refractivity contribution < 1.29 is 14.6 Å². The van der Waals surface area contributed by atoms with Crippen LogP contribution in [0.5, 0.6) is 0 Å². The van der Waals surface area contributed by atoms with Crippen LogP contribution in [0.3, 0.4) is 0 Å². The molecule has 0 radical (unpaired) electrons. The van der Waals surface area contributed by atoms with E-state index in [-0.39, 0.29) is 12.5 Å². The summed E-state index contributed by atoms with van der Waals surface area (Å²) in [5.74, 6) is -0.0101. The monoisotopic (exact) mass is 269 g/mol. The molecule has 0 saturated heterocycles. The lowest BCUT2D eigenvalue weighted by Gasteiger charge is -2.08. The van der Waals surface area contributed by atoms with E-state index in [9.17, 15) is 4.79 Å². The zero-order chi connectivity index (χ0) is 13.2. The summed E-state index contributed by atoms with van der Waals surface area (Å²) in [6.07, 6.45) is 2.39. The maximum atomic E-state index is 11.7. The molecule has 0 saturated carbocycles. The molecule has 0 aliphatic heterocycles. The van der Waals surface area contributed by atoms with Gasteiger partial charge in [-0.1, -0.05) is 18.2 Å². The lowest BCUT2D eigenvalue weighted by atomic mass is 10.1. The summed E-state index contributed by atoms with van der Waals surface area (Å²) >= 11 is 1.64. The van der Waals surface area contributed by atoms with Crippen LogP contribution in [0.25, 0.3) is 0 Å². The first-order valence-electron chi connectivity index (χ1n) is 5.85. The van der Waals surface area contributed by atoms with Crippen LogP contribution in [0.4, 0.5) is 0 Å². The van der Waals surface area contributed by atoms with Gasteiger partial charge in [-0.2, -0.15) is 0 Å². The number of carbonyl (C=O) groups is 1. The minimum absolute atomic E-state index is 0.00897. The lowest BCUT2D eigenvalue weighted by molar-refractivity contribution is -0.120. The van der Waals surface area contributed by atoms with Gasteiger partial charge in [-0.05, 0) is 17.9 Å². The number of hydrogen-bond acceptors (Lipinski definition) is 4. The third-order valence-electron chi connectivity index (χ3n) is 2.35. The Bertz CT molecular complexity index is 371. The molecule has 1 amide bonds. The molecule has 1 aromatic rings. The van der Waals surface area contributed by atoms with Crippen molar-refractivity contribution in [3.8, 4) is 0 Å². The van der Waals surface area contributed by atoms with Crippen LogP contribution in [-0.2, 0) is 16.0 Å². The van der Waals surface area contributed by atoms with Crippen molar-refractivity contribution in [1.29, 1.82) is 0 Å². The molecule has 100 valence electrons. The second-order valence-electron chi connectivity index (χ2n) is 3.67. The molecular formula is C13H19NO3S. The first kappa shape index (κ1) is 15.0. The Morgan fingerprint density at radius 1 is 1.39 bits per heavy atom. The van der Waals surface area contributed by atoms with Crippen molar-refractivity contribution in [3.05, 3.63) is 29.8 Å². The van der Waals surface area contributed by atoms with E-state index in [1.165, 1.54) is 0 Å². The van der Waals surface area contributed by atoms with Gasteiger partial charge in [-0.3, -0.25) is 4.79 Å². The quantitative estimate of drug-likeness (QED) is 0.547. The maximum absolute atomic E-state index is 11.7. The van der Waals surface area contributed by atoms with E-state index in [4.69, 9.17) is 9.84 Å². The van der Waals surface area contributed by atoms with E-state index in [2.05, 4.69) is 5.32 Å². The maximum Gasteiger partial charge on any atom is 0.224 e. The van der Waals surface area contributed by atoms with Gasteiger partial charge in [0.1, 0.15) is 0 Å². The Morgan fingerprint density at radius 2 is 2.17 bits per heavy atom. The summed E-state index contributed by atoms with van der Waals surface area (Å²) in [5.41, 5.74) is 1.04. The topological polar surface area (TPSA) is 58.6 Å². The van der Waals surface area contributed by atoms with Crippen molar-refractivity contribution in [1.82, 2.24) is 5.32 Å². The molecule has 0 heterocycles. The van der Waals surface area contributed by atoms with Gasteiger partial charge in [0, 0.05) is 11.4 Å². The highest BCUT2D eigenvalue weighted by atomic mass is 32.2. The van der Waals surface area contributed by atoms with Crippen molar-refractivity contribution in [2.75, 3.05) is 32.6 Å². The molecule has 1 aromatic carbocycles. The Balaban J connectivity index is 2.31. The predicted octanol–water partition coefficient (Wildman–Crippen LogP) is 1.08. The van der Waals surface area contributed by atoms with E-state index >= 15 is 0 Å². The SMILES string of the molecule is CSc1ccccc1CC(=O)NCCOCCO. The van der Waals surface area contributed by atoms with Crippen LogP contribution < -0.4 is 5.32 Å². The number of nitrogens with one attached hydrogen (secondary N) is 1. The van der Waals surface area contributed by atoms with Crippen LogP contribution >= 0.6 is 11.8 Å². The summed E-state index contributed by atoms with van der Waals surface area (Å²) in [7, 11) is 0. The highest BCUT2D eigenvalue weighted by Crippen LogP contribution is 2.19. The number of amides is 1. The number of aliphatic hydroxyl groups is 1. The highest BCUT2D eigenvalue weighted by molar-refractivity contribution is 7.98. The molecule has 0 aromatic heterocycles. The minimum atomic E-state index is -0.0101. The molecule has 4 nitrogen and oxygen atoms in total. The Kier molecular flexibility index (Phi) is 7.48. The molecular weight excluding hydrogens is 250 g/mol. The van der Waals surface area contributed by atoms with Crippen LogP contribution in [0, 0.1) is 0 Å². The van der Waals surface area contributed by atoms with Crippen molar-refractivity contribution in [3.63, 3.8) is 0 Å². The fourth-order valence-corrected chi connectivity index (χ4v) is 2.13. The van der Waals surface area contributed by atoms with Crippen LogP contribution in [0.2, 0.25) is 0 Å². The van der Waals surface area contributed by atoms with Gasteiger partial charge >= 0.3 is 0 Å². The molecule has 0 unspecified atom stereocenters. The summed E-state index contributed by atoms with van der Waals surface area (Å²) < 4.78 is 5.06. The van der Waals surface area contributed by atoms with Gasteiger partial charge in [0.15, 0.2) is 0 Å². The standard InChI is InChI=1S/C13H19NO3S/c1-18-12-5-3-2-4-11(12)10-13(16)14-6-8-17-9-7-15/h2-5,15H,6-10H2,1H3,(H,14,16). The van der Waals surface area contributed by atoms with Crippen LogP contribution in [-0.4, -0.2) is 43.6 Å². The summed E-state index contributed by atoms with van der Waals surface area (Å²) in [6, 6.07) is 7.88. The third-order valence-corrected chi connectivity index (χ3v) is 3.19. The second-order valence-corrected chi connectivity index (χ2v) is 4.52. The van der Waals surface area contributed by atoms with Gasteiger partial charge in [0.25, 0.3) is 0 Å². The normalized spacial score (nSPS) is 10.3. The fraction of sp³-hybridized carbons (Fsp3) is 0.462. The lowest BCUT2D eigenvalue weighted by Crippen LogP contribution is -2.29. The average Bonchev–Trinajstić information content (AvgIpc) is 2.39. The van der Waals surface area contributed by atoms with E-state index in [1.807, 2.05) is 30.5 Å². The van der Waals surface area contributed by atoms with Gasteiger partial charge in [0.05, 0.1) is 26.2 Å². The number of aliphatic hydroxyl groups excluding tert-OH is 1. The molecule has 0 aliphatic rings. The first-order valence-corrected chi connectivity index (χ1v) is 7.07. The fourth-order valence-electron chi connectivity index (χ4n) is 1.51. The zero-order valence-corrected chi connectivity index (χ0v) is 11.3. The van der Waals surface area contributed by atoms with E-state index in [0.717, 1.165) is 10.5 Å². The molecule has 2 N–H and O–H groups in total. The molecule has 0 fully saturated rings. The minimum Gasteiger partial charge on any atom is -0.394 e. The Hall–Kier alpha value is -1.04. The molecule has 1 rings (SSSR count). The zero-order valence-electron chi connectivity index (χ0n) is 10.5. The van der Waals surface area contributed by atoms with Crippen LogP contribution in [0.1, 0.15) is 5.56 Å². The average molecular weight is 269 g/mol. The summed E-state index contributed by atoms with van der Waals surface area (Å²) in [6.45, 7) is 1.22. The third kappa shape index (κ3) is 5.53. The van der Waals surface area contributed by atoms with Crippen LogP contribution in [0.15, 0.2) is 29.2 Å². The molecule has 5 heteroatoms. The number of rotatable bonds is 8. The van der Waals surface area contributed by atoms with Crippen molar-refractivity contribution in [2.45, 2.75) is 11.3 Å². The Morgan fingerprint density at radius 3 is 2.89 bits per heavy atom. The largest absolute Gasteiger partial charge is 0.394 e. The highest BCUT2D eigenvalue weighted by Gasteiger charge is 2.06. The number of hydrogen-bond donors (Lipinski definition) is 2. The predicted molar refractivity (Wildman–Crippen MR) is 72.8 cm³/mol. The molecule has 0 bridgehead atoms. The van der Waals surface area contributed by atoms with Gasteiger partial charge in [-0.15, -0.1) is 11.8 Å². The molecule has 0 spiro atoms. The van der Waals surface area contributed by atoms with E-state index < -0.39 is 0 Å². The van der Waals surface area contributed by atoms with E-state index in [1.54, 1.807) is 11.8 Å².